The number of carbonyl (C=O) groups excluding carboxylic acids is 1. The van der Waals surface area contributed by atoms with Gasteiger partial charge in [0.15, 0.2) is 0 Å². The zero-order valence-corrected chi connectivity index (χ0v) is 15.9. The van der Waals surface area contributed by atoms with E-state index >= 15 is 0 Å². The zero-order chi connectivity index (χ0) is 18.7. The van der Waals surface area contributed by atoms with Crippen molar-refractivity contribution in [2.45, 2.75) is 77.3 Å². The maximum atomic E-state index is 13.3. The molecule has 0 aliphatic heterocycles. The van der Waals surface area contributed by atoms with Gasteiger partial charge in [0, 0.05) is 0 Å². The minimum Gasteiger partial charge on any atom is -0.469 e. The lowest BCUT2D eigenvalue weighted by Gasteiger charge is -2.59. The number of methoxy groups -OCH3 is 1. The number of carbonyl (C=O) groups is 1. The number of esters is 1. The van der Waals surface area contributed by atoms with Crippen LogP contribution in [0.5, 0.6) is 0 Å². The van der Waals surface area contributed by atoms with Gasteiger partial charge in [-0.05, 0) is 93.8 Å². The van der Waals surface area contributed by atoms with Crippen LogP contribution in [0.1, 0.15) is 71.1 Å². The Balaban J connectivity index is 1.40. The van der Waals surface area contributed by atoms with Gasteiger partial charge < -0.3 is 4.74 Å². The Morgan fingerprint density at radius 3 is 2.15 bits per heavy atom. The third kappa shape index (κ3) is 2.88. The SMILES string of the molecule is COC(=O)C12CC3CC(C1)C(CC1CCC(C)(C(F)(F)F)CC1)C(C3)C2. The van der Waals surface area contributed by atoms with Crippen molar-refractivity contribution in [1.82, 2.24) is 0 Å². The predicted molar refractivity (Wildman–Crippen MR) is 92.2 cm³/mol. The number of rotatable bonds is 3. The summed E-state index contributed by atoms with van der Waals surface area (Å²) in [6.45, 7) is 1.40. The second-order valence-corrected chi connectivity index (χ2v) is 10.1. The molecule has 5 aliphatic carbocycles. The average Bonchev–Trinajstić information content (AvgIpc) is 2.57. The van der Waals surface area contributed by atoms with E-state index in [1.807, 2.05) is 0 Å². The normalized spacial score (nSPS) is 47.8. The largest absolute Gasteiger partial charge is 0.469 e. The highest BCUT2D eigenvalue weighted by atomic mass is 19.4. The number of halogens is 3. The van der Waals surface area contributed by atoms with Gasteiger partial charge in [-0.2, -0.15) is 13.2 Å². The van der Waals surface area contributed by atoms with Gasteiger partial charge in [-0.3, -0.25) is 4.79 Å². The van der Waals surface area contributed by atoms with Gasteiger partial charge in [-0.15, -0.1) is 0 Å². The van der Waals surface area contributed by atoms with Crippen molar-refractivity contribution >= 4 is 5.97 Å². The molecule has 0 N–H and O–H groups in total. The second kappa shape index (κ2) is 6.13. The van der Waals surface area contributed by atoms with Crippen LogP contribution in [-0.2, 0) is 9.53 Å². The van der Waals surface area contributed by atoms with Crippen LogP contribution in [0.3, 0.4) is 0 Å². The summed E-state index contributed by atoms with van der Waals surface area (Å²) in [5.41, 5.74) is -1.73. The first-order valence-electron chi connectivity index (χ1n) is 10.3. The van der Waals surface area contributed by atoms with Crippen molar-refractivity contribution in [1.29, 1.82) is 0 Å². The number of hydrogen-bond acceptors (Lipinski definition) is 2. The van der Waals surface area contributed by atoms with Crippen molar-refractivity contribution < 1.29 is 22.7 Å². The van der Waals surface area contributed by atoms with Gasteiger partial charge >= 0.3 is 12.1 Å². The molecule has 5 saturated carbocycles. The van der Waals surface area contributed by atoms with Crippen molar-refractivity contribution in [2.24, 2.45) is 40.4 Å². The fourth-order valence-corrected chi connectivity index (χ4v) is 7.20. The van der Waals surface area contributed by atoms with Gasteiger partial charge in [0.2, 0.25) is 0 Å². The second-order valence-electron chi connectivity index (χ2n) is 10.1. The summed E-state index contributed by atoms with van der Waals surface area (Å²) in [5, 5.41) is 0. The summed E-state index contributed by atoms with van der Waals surface area (Å²) in [6.07, 6.45) is 4.28. The van der Waals surface area contributed by atoms with E-state index < -0.39 is 11.6 Å². The molecule has 2 unspecified atom stereocenters. The molecule has 5 heteroatoms. The molecule has 0 spiro atoms. The van der Waals surface area contributed by atoms with E-state index in [1.165, 1.54) is 26.9 Å². The molecule has 0 aromatic carbocycles. The van der Waals surface area contributed by atoms with Crippen molar-refractivity contribution in [3.63, 3.8) is 0 Å². The summed E-state index contributed by atoms with van der Waals surface area (Å²) in [4.78, 5) is 12.4. The molecule has 26 heavy (non-hydrogen) atoms. The highest BCUT2D eigenvalue weighted by Crippen LogP contribution is 2.64. The van der Waals surface area contributed by atoms with Crippen LogP contribution in [0.2, 0.25) is 0 Å². The lowest BCUT2D eigenvalue weighted by Crippen LogP contribution is -2.54. The molecule has 0 aromatic rings. The molecule has 2 atom stereocenters. The fourth-order valence-electron chi connectivity index (χ4n) is 7.20. The van der Waals surface area contributed by atoms with Crippen LogP contribution in [-0.4, -0.2) is 19.3 Å². The molecule has 0 heterocycles. The van der Waals surface area contributed by atoms with Crippen molar-refractivity contribution in [3.8, 4) is 0 Å². The topological polar surface area (TPSA) is 26.3 Å². The van der Waals surface area contributed by atoms with Crippen LogP contribution < -0.4 is 0 Å². The Kier molecular flexibility index (Phi) is 4.39. The van der Waals surface area contributed by atoms with Crippen molar-refractivity contribution in [3.05, 3.63) is 0 Å². The Bertz CT molecular complexity index is 546. The smallest absolute Gasteiger partial charge is 0.394 e. The Morgan fingerprint density at radius 2 is 1.65 bits per heavy atom. The fraction of sp³-hybridized carbons (Fsp3) is 0.952. The lowest BCUT2D eigenvalue weighted by atomic mass is 9.45. The first-order valence-corrected chi connectivity index (χ1v) is 10.3. The van der Waals surface area contributed by atoms with E-state index in [-0.39, 0.29) is 24.2 Å². The molecule has 4 bridgehead atoms. The van der Waals surface area contributed by atoms with Gasteiger partial charge in [0.1, 0.15) is 0 Å². The summed E-state index contributed by atoms with van der Waals surface area (Å²) in [6, 6.07) is 0. The maximum absolute atomic E-state index is 13.3. The Morgan fingerprint density at radius 1 is 1.08 bits per heavy atom. The molecule has 0 radical (unpaired) electrons. The molecular formula is C21H31F3O2. The Labute approximate surface area is 154 Å². The number of alkyl halides is 3. The summed E-state index contributed by atoms with van der Waals surface area (Å²) in [7, 11) is 1.50. The van der Waals surface area contributed by atoms with E-state index in [0.717, 1.165) is 25.7 Å². The minimum atomic E-state index is -4.08. The van der Waals surface area contributed by atoms with E-state index in [9.17, 15) is 18.0 Å². The highest BCUT2D eigenvalue weighted by Gasteiger charge is 2.59. The molecule has 0 amide bonds. The van der Waals surface area contributed by atoms with Crippen LogP contribution in [0, 0.1) is 40.4 Å². The average molecular weight is 372 g/mol. The summed E-state index contributed by atoms with van der Waals surface area (Å²) < 4.78 is 44.9. The van der Waals surface area contributed by atoms with Gasteiger partial charge in [-0.1, -0.05) is 6.92 Å². The molecule has 148 valence electrons. The first kappa shape index (κ1) is 18.6. The van der Waals surface area contributed by atoms with Crippen LogP contribution in [0.4, 0.5) is 13.2 Å². The lowest BCUT2D eigenvalue weighted by molar-refractivity contribution is -0.230. The minimum absolute atomic E-state index is 0.0195. The molecule has 5 aliphatic rings. The third-order valence-corrected chi connectivity index (χ3v) is 8.59. The first-order chi connectivity index (χ1) is 12.2. The van der Waals surface area contributed by atoms with E-state index in [0.29, 0.717) is 42.4 Å². The van der Waals surface area contributed by atoms with Crippen LogP contribution in [0.25, 0.3) is 0 Å². The standard InChI is InChI=1S/C21H31F3O2/c1-19(21(22,23)24)5-3-13(4-6-19)9-17-15-7-14-8-16(17)12-20(10-14,11-15)18(25)26-2/h13-17H,3-12H2,1-2H3. The van der Waals surface area contributed by atoms with Gasteiger partial charge in [0.05, 0.1) is 17.9 Å². The van der Waals surface area contributed by atoms with Crippen molar-refractivity contribution in [2.75, 3.05) is 7.11 Å². The van der Waals surface area contributed by atoms with E-state index in [2.05, 4.69) is 0 Å². The van der Waals surface area contributed by atoms with Crippen LogP contribution >= 0.6 is 0 Å². The molecule has 5 rings (SSSR count). The monoisotopic (exact) mass is 372 g/mol. The zero-order valence-electron chi connectivity index (χ0n) is 15.9. The quantitative estimate of drug-likeness (QED) is 0.590. The van der Waals surface area contributed by atoms with Gasteiger partial charge in [-0.25, -0.2) is 0 Å². The molecule has 0 saturated heterocycles. The highest BCUT2D eigenvalue weighted by molar-refractivity contribution is 5.77. The molecular weight excluding hydrogens is 341 g/mol. The van der Waals surface area contributed by atoms with Crippen LogP contribution in [0.15, 0.2) is 0 Å². The molecule has 5 fully saturated rings. The third-order valence-electron chi connectivity index (χ3n) is 8.59. The van der Waals surface area contributed by atoms with E-state index in [4.69, 9.17) is 4.74 Å². The summed E-state index contributed by atoms with van der Waals surface area (Å²) >= 11 is 0. The maximum Gasteiger partial charge on any atom is 0.394 e. The number of hydrogen-bond donors (Lipinski definition) is 0. The molecule has 2 nitrogen and oxygen atoms in total. The Hall–Kier alpha value is -0.740. The number of ether oxygens (including phenoxy) is 1. The van der Waals surface area contributed by atoms with E-state index in [1.54, 1.807) is 0 Å². The summed E-state index contributed by atoms with van der Waals surface area (Å²) in [5.74, 6) is 2.84. The molecule has 0 aromatic heterocycles. The van der Waals surface area contributed by atoms with Gasteiger partial charge in [0.25, 0.3) is 0 Å². The predicted octanol–water partition coefficient (Wildman–Crippen LogP) is 5.75.